The van der Waals surface area contributed by atoms with Crippen LogP contribution < -0.4 is 0 Å². The van der Waals surface area contributed by atoms with Gasteiger partial charge < -0.3 is 0 Å². The van der Waals surface area contributed by atoms with Gasteiger partial charge in [-0.25, -0.2) is 0 Å². The smallest absolute Gasteiger partial charge is 0.133 e. The van der Waals surface area contributed by atoms with Crippen molar-refractivity contribution < 1.29 is 4.79 Å². The Hall–Kier alpha value is -0.330. The molecule has 1 heteroatoms. The van der Waals surface area contributed by atoms with E-state index in [1.807, 2.05) is 0 Å². The molecule has 2 fully saturated rings. The van der Waals surface area contributed by atoms with Crippen LogP contribution in [0.25, 0.3) is 0 Å². The maximum Gasteiger partial charge on any atom is 0.133 e. The zero-order chi connectivity index (χ0) is 8.72. The van der Waals surface area contributed by atoms with Crippen LogP contribution in [0.1, 0.15) is 39.5 Å². The Kier molecular flexibility index (Phi) is 1.97. The molecule has 0 heterocycles. The number of hydrogen-bond acceptors (Lipinski definition) is 1. The van der Waals surface area contributed by atoms with Crippen molar-refractivity contribution in [3.8, 4) is 0 Å². The molecule has 0 aromatic rings. The van der Waals surface area contributed by atoms with E-state index in [9.17, 15) is 4.79 Å². The summed E-state index contributed by atoms with van der Waals surface area (Å²) >= 11 is 0. The lowest BCUT2D eigenvalue weighted by Gasteiger charge is -2.28. The molecule has 2 aliphatic carbocycles. The Bertz CT molecular complexity index is 197. The second kappa shape index (κ2) is 2.86. The standard InChI is InChI=1S/C11H18O/c1-3-10-8-4-5-9(6-8)11(10)7(2)12/h8-11H,3-6H2,1-2H3. The van der Waals surface area contributed by atoms with Crippen LogP contribution in [0, 0.1) is 23.7 Å². The van der Waals surface area contributed by atoms with E-state index in [1.165, 1.54) is 25.7 Å². The average Bonchev–Trinajstić information content (AvgIpc) is 2.60. The lowest BCUT2D eigenvalue weighted by Crippen LogP contribution is -2.27. The van der Waals surface area contributed by atoms with Crippen LogP contribution in [0.15, 0.2) is 0 Å². The molecule has 0 saturated heterocycles. The monoisotopic (exact) mass is 166 g/mol. The van der Waals surface area contributed by atoms with E-state index < -0.39 is 0 Å². The first-order valence-electron chi connectivity index (χ1n) is 5.24. The summed E-state index contributed by atoms with van der Waals surface area (Å²) in [6, 6.07) is 0. The van der Waals surface area contributed by atoms with Gasteiger partial charge in [-0.15, -0.1) is 0 Å². The van der Waals surface area contributed by atoms with Crippen LogP contribution in [0.2, 0.25) is 0 Å². The van der Waals surface area contributed by atoms with Crippen molar-refractivity contribution in [3.05, 3.63) is 0 Å². The molecule has 2 rings (SSSR count). The molecule has 4 unspecified atom stereocenters. The molecule has 0 aliphatic heterocycles. The van der Waals surface area contributed by atoms with Gasteiger partial charge in [-0.05, 0) is 43.9 Å². The first-order valence-corrected chi connectivity index (χ1v) is 5.24. The van der Waals surface area contributed by atoms with Crippen LogP contribution >= 0.6 is 0 Å². The van der Waals surface area contributed by atoms with E-state index in [0.29, 0.717) is 11.7 Å². The highest BCUT2D eigenvalue weighted by molar-refractivity contribution is 5.79. The maximum atomic E-state index is 11.4. The Morgan fingerprint density at radius 1 is 1.33 bits per heavy atom. The SMILES string of the molecule is CCC1C2CCC(C2)C1C(C)=O. The van der Waals surface area contributed by atoms with Crippen LogP contribution in [0.5, 0.6) is 0 Å². The average molecular weight is 166 g/mol. The maximum absolute atomic E-state index is 11.4. The summed E-state index contributed by atoms with van der Waals surface area (Å²) < 4.78 is 0. The Morgan fingerprint density at radius 2 is 2.00 bits per heavy atom. The van der Waals surface area contributed by atoms with E-state index >= 15 is 0 Å². The molecular formula is C11H18O. The summed E-state index contributed by atoms with van der Waals surface area (Å²) in [6.07, 6.45) is 5.28. The van der Waals surface area contributed by atoms with E-state index in [1.54, 1.807) is 6.92 Å². The molecule has 0 radical (unpaired) electrons. The minimum absolute atomic E-state index is 0.439. The minimum atomic E-state index is 0.439. The molecule has 68 valence electrons. The zero-order valence-electron chi connectivity index (χ0n) is 8.05. The first-order chi connectivity index (χ1) is 5.74. The first kappa shape index (κ1) is 8.28. The number of carbonyl (C=O) groups excluding carboxylic acids is 1. The van der Waals surface area contributed by atoms with Gasteiger partial charge >= 0.3 is 0 Å². The minimum Gasteiger partial charge on any atom is -0.300 e. The third-order valence-corrected chi connectivity index (χ3v) is 4.03. The van der Waals surface area contributed by atoms with Crippen molar-refractivity contribution in [1.29, 1.82) is 0 Å². The van der Waals surface area contributed by atoms with Crippen LogP contribution in [-0.4, -0.2) is 5.78 Å². The van der Waals surface area contributed by atoms with E-state index in [4.69, 9.17) is 0 Å². The van der Waals surface area contributed by atoms with E-state index in [2.05, 4.69) is 6.92 Å². The van der Waals surface area contributed by atoms with Gasteiger partial charge in [-0.2, -0.15) is 0 Å². The highest BCUT2D eigenvalue weighted by Crippen LogP contribution is 2.53. The highest BCUT2D eigenvalue weighted by atomic mass is 16.1. The largest absolute Gasteiger partial charge is 0.300 e. The van der Waals surface area contributed by atoms with Crippen LogP contribution in [-0.2, 0) is 4.79 Å². The quantitative estimate of drug-likeness (QED) is 0.616. The van der Waals surface area contributed by atoms with Crippen LogP contribution in [0.3, 0.4) is 0 Å². The van der Waals surface area contributed by atoms with Crippen molar-refractivity contribution in [2.75, 3.05) is 0 Å². The van der Waals surface area contributed by atoms with Gasteiger partial charge in [0.05, 0.1) is 0 Å². The molecule has 0 aromatic heterocycles. The van der Waals surface area contributed by atoms with Gasteiger partial charge in [-0.3, -0.25) is 4.79 Å². The van der Waals surface area contributed by atoms with Crippen molar-refractivity contribution >= 4 is 5.78 Å². The van der Waals surface area contributed by atoms with E-state index in [0.717, 1.165) is 17.8 Å². The number of Topliss-reactive ketones (excluding diaryl/α,β-unsaturated/α-hetero) is 1. The zero-order valence-corrected chi connectivity index (χ0v) is 8.05. The van der Waals surface area contributed by atoms with E-state index in [-0.39, 0.29) is 0 Å². The third-order valence-electron chi connectivity index (χ3n) is 4.03. The number of ketones is 1. The molecule has 1 nitrogen and oxygen atoms in total. The molecule has 2 bridgehead atoms. The molecule has 2 saturated carbocycles. The fraction of sp³-hybridized carbons (Fsp3) is 0.909. The Morgan fingerprint density at radius 3 is 2.50 bits per heavy atom. The lowest BCUT2D eigenvalue weighted by atomic mass is 9.76. The predicted molar refractivity (Wildman–Crippen MR) is 48.8 cm³/mol. The fourth-order valence-electron chi connectivity index (χ4n) is 3.63. The number of fused-ring (bicyclic) bond motifs is 2. The van der Waals surface area contributed by atoms with Crippen molar-refractivity contribution in [2.45, 2.75) is 39.5 Å². The summed E-state index contributed by atoms with van der Waals surface area (Å²) in [5.41, 5.74) is 0. The molecule has 0 N–H and O–H groups in total. The molecule has 0 spiro atoms. The summed E-state index contributed by atoms with van der Waals surface area (Å²) in [7, 11) is 0. The van der Waals surface area contributed by atoms with Gasteiger partial charge in [0.2, 0.25) is 0 Å². The Labute approximate surface area is 74.5 Å². The number of hydrogen-bond donors (Lipinski definition) is 0. The molecule has 12 heavy (non-hydrogen) atoms. The molecule has 0 aromatic carbocycles. The molecule has 0 amide bonds. The number of carbonyl (C=O) groups is 1. The topological polar surface area (TPSA) is 17.1 Å². The predicted octanol–water partition coefficient (Wildman–Crippen LogP) is 2.65. The highest BCUT2D eigenvalue weighted by Gasteiger charge is 2.48. The molecular weight excluding hydrogens is 148 g/mol. The summed E-state index contributed by atoms with van der Waals surface area (Å²) in [5.74, 6) is 3.29. The van der Waals surface area contributed by atoms with Gasteiger partial charge in [0.25, 0.3) is 0 Å². The molecule has 4 atom stereocenters. The van der Waals surface area contributed by atoms with Gasteiger partial charge in [0, 0.05) is 5.92 Å². The van der Waals surface area contributed by atoms with Gasteiger partial charge in [0.1, 0.15) is 5.78 Å². The lowest BCUT2D eigenvalue weighted by molar-refractivity contribution is -0.124. The van der Waals surface area contributed by atoms with Crippen LogP contribution in [0.4, 0.5) is 0 Å². The van der Waals surface area contributed by atoms with Gasteiger partial charge in [-0.1, -0.05) is 13.3 Å². The van der Waals surface area contributed by atoms with Crippen molar-refractivity contribution in [2.24, 2.45) is 23.7 Å². The fourth-order valence-corrected chi connectivity index (χ4v) is 3.63. The third kappa shape index (κ3) is 1.02. The summed E-state index contributed by atoms with van der Waals surface area (Å²) in [5, 5.41) is 0. The van der Waals surface area contributed by atoms with Gasteiger partial charge in [0.15, 0.2) is 0 Å². The summed E-state index contributed by atoms with van der Waals surface area (Å²) in [6.45, 7) is 4.02. The number of rotatable bonds is 2. The second-order valence-electron chi connectivity index (χ2n) is 4.54. The second-order valence-corrected chi connectivity index (χ2v) is 4.54. The normalized spacial score (nSPS) is 45.2. The summed E-state index contributed by atoms with van der Waals surface area (Å²) in [4.78, 5) is 11.4. The molecule has 2 aliphatic rings. The van der Waals surface area contributed by atoms with Crippen molar-refractivity contribution in [1.82, 2.24) is 0 Å². The van der Waals surface area contributed by atoms with Crippen molar-refractivity contribution in [3.63, 3.8) is 0 Å². The Balaban J connectivity index is 2.16.